The van der Waals surface area contributed by atoms with Gasteiger partial charge in [-0.1, -0.05) is 18.2 Å². The number of para-hydroxylation sites is 1. The summed E-state index contributed by atoms with van der Waals surface area (Å²) in [5.41, 5.74) is 1.98. The Bertz CT molecular complexity index is 660. The van der Waals surface area contributed by atoms with E-state index in [1.54, 1.807) is 4.90 Å². The Labute approximate surface area is 139 Å². The molecule has 0 aliphatic carbocycles. The van der Waals surface area contributed by atoms with Crippen molar-refractivity contribution in [3.63, 3.8) is 0 Å². The summed E-state index contributed by atoms with van der Waals surface area (Å²) in [7, 11) is 0. The first-order valence-electron chi connectivity index (χ1n) is 8.06. The summed E-state index contributed by atoms with van der Waals surface area (Å²) in [6, 6.07) is 7.71. The fourth-order valence-corrected chi connectivity index (χ4v) is 3.13. The van der Waals surface area contributed by atoms with Gasteiger partial charge in [0.2, 0.25) is 11.8 Å². The largest absolute Gasteiger partial charge is 0.479 e. The maximum Gasteiger partial charge on any atom is 0.334 e. The average Bonchev–Trinajstić information content (AvgIpc) is 2.60. The van der Waals surface area contributed by atoms with E-state index in [2.05, 4.69) is 0 Å². The molecule has 0 bridgehead atoms. The summed E-state index contributed by atoms with van der Waals surface area (Å²) < 4.78 is 5.12. The predicted molar refractivity (Wildman–Crippen MR) is 85.7 cm³/mol. The highest BCUT2D eigenvalue weighted by Crippen LogP contribution is 2.27. The molecule has 24 heavy (non-hydrogen) atoms. The summed E-state index contributed by atoms with van der Waals surface area (Å²) in [5, 5.41) is 9.00. The zero-order valence-electron chi connectivity index (χ0n) is 13.3. The Morgan fingerprint density at radius 2 is 2.04 bits per heavy atom. The molecule has 2 aliphatic heterocycles. The summed E-state index contributed by atoms with van der Waals surface area (Å²) in [4.78, 5) is 38.7. The molecule has 1 N–H and O–H groups in total. The predicted octanol–water partition coefficient (Wildman–Crippen LogP) is 0.668. The van der Waals surface area contributed by atoms with Crippen molar-refractivity contribution >= 4 is 23.5 Å². The lowest BCUT2D eigenvalue weighted by atomic mass is 10.0. The number of hydrogen-bond donors (Lipinski definition) is 1. The van der Waals surface area contributed by atoms with Crippen LogP contribution in [0.25, 0.3) is 0 Å². The van der Waals surface area contributed by atoms with Gasteiger partial charge in [-0.3, -0.25) is 9.59 Å². The van der Waals surface area contributed by atoms with E-state index in [1.807, 2.05) is 24.3 Å². The van der Waals surface area contributed by atoms with Crippen LogP contribution in [0.1, 0.15) is 18.4 Å². The highest BCUT2D eigenvalue weighted by molar-refractivity contribution is 5.97. The number of fused-ring (bicyclic) bond motifs is 1. The molecule has 128 valence electrons. The van der Waals surface area contributed by atoms with Gasteiger partial charge in [-0.15, -0.1) is 0 Å². The monoisotopic (exact) mass is 332 g/mol. The molecule has 1 fully saturated rings. The van der Waals surface area contributed by atoms with E-state index >= 15 is 0 Å². The van der Waals surface area contributed by atoms with E-state index in [1.165, 1.54) is 4.90 Å². The number of rotatable bonds is 4. The van der Waals surface area contributed by atoms with Crippen molar-refractivity contribution in [2.24, 2.45) is 0 Å². The molecule has 3 rings (SSSR count). The van der Waals surface area contributed by atoms with Gasteiger partial charge in [0.25, 0.3) is 0 Å². The molecule has 0 saturated carbocycles. The van der Waals surface area contributed by atoms with Crippen LogP contribution in [0.15, 0.2) is 24.3 Å². The average molecular weight is 332 g/mol. The molecule has 1 saturated heterocycles. The molecule has 2 aliphatic rings. The molecule has 0 spiro atoms. The number of carbonyl (C=O) groups excluding carboxylic acids is 2. The van der Waals surface area contributed by atoms with Crippen molar-refractivity contribution in [2.45, 2.75) is 25.4 Å². The first kappa shape index (κ1) is 16.4. The van der Waals surface area contributed by atoms with Gasteiger partial charge in [0.15, 0.2) is 6.10 Å². The fourth-order valence-electron chi connectivity index (χ4n) is 3.13. The van der Waals surface area contributed by atoms with E-state index in [0.717, 1.165) is 17.7 Å². The van der Waals surface area contributed by atoms with Crippen LogP contribution in [0, 0.1) is 0 Å². The van der Waals surface area contributed by atoms with Crippen molar-refractivity contribution < 1.29 is 24.2 Å². The molecule has 0 radical (unpaired) electrons. The number of amides is 2. The number of carboxylic acids is 1. The highest BCUT2D eigenvalue weighted by atomic mass is 16.5. The van der Waals surface area contributed by atoms with Crippen molar-refractivity contribution in [1.29, 1.82) is 0 Å². The number of benzene rings is 1. The first-order valence-corrected chi connectivity index (χ1v) is 8.06. The van der Waals surface area contributed by atoms with Crippen molar-refractivity contribution in [2.75, 3.05) is 31.1 Å². The van der Waals surface area contributed by atoms with Crippen LogP contribution in [0.4, 0.5) is 5.69 Å². The second kappa shape index (κ2) is 7.00. The second-order valence-corrected chi connectivity index (χ2v) is 5.96. The normalized spacial score (nSPS) is 20.7. The van der Waals surface area contributed by atoms with Gasteiger partial charge in [-0.2, -0.15) is 0 Å². The van der Waals surface area contributed by atoms with Crippen molar-refractivity contribution in [3.05, 3.63) is 29.8 Å². The topological polar surface area (TPSA) is 87.2 Å². The van der Waals surface area contributed by atoms with Gasteiger partial charge >= 0.3 is 5.97 Å². The maximum atomic E-state index is 12.4. The van der Waals surface area contributed by atoms with Crippen molar-refractivity contribution in [1.82, 2.24) is 4.90 Å². The molecule has 0 aromatic heterocycles. The number of carbonyl (C=O) groups is 3. The fraction of sp³-hybridized carbons (Fsp3) is 0.471. The number of anilines is 1. The minimum Gasteiger partial charge on any atom is -0.479 e. The van der Waals surface area contributed by atoms with Crippen molar-refractivity contribution in [3.8, 4) is 0 Å². The standard InChI is InChI=1S/C17H20N2O5/c20-15(18-9-10-24-14(11-18)17(22)23)7-8-19-13-4-2-1-3-12(13)5-6-16(19)21/h1-4,14H,5-11H2,(H,22,23)/t14-/m0/s1. The van der Waals surface area contributed by atoms with Crippen LogP contribution < -0.4 is 4.90 Å². The molecule has 7 heteroatoms. The minimum absolute atomic E-state index is 0.0203. The molecular formula is C17H20N2O5. The van der Waals surface area contributed by atoms with Gasteiger partial charge in [0.05, 0.1) is 13.2 Å². The summed E-state index contributed by atoms with van der Waals surface area (Å²) in [6.45, 7) is 0.962. The SMILES string of the molecule is O=C(O)[C@@H]1CN(C(=O)CCN2C(=O)CCc3ccccc32)CCO1. The van der Waals surface area contributed by atoms with Gasteiger partial charge in [0.1, 0.15) is 0 Å². The number of hydrogen-bond acceptors (Lipinski definition) is 4. The van der Waals surface area contributed by atoms with E-state index in [4.69, 9.17) is 9.84 Å². The first-order chi connectivity index (χ1) is 11.6. The molecule has 1 aromatic rings. The van der Waals surface area contributed by atoms with Gasteiger partial charge in [-0.05, 0) is 18.1 Å². The second-order valence-electron chi connectivity index (χ2n) is 5.96. The summed E-state index contributed by atoms with van der Waals surface area (Å²) in [5.74, 6) is -1.19. The zero-order valence-corrected chi connectivity index (χ0v) is 13.3. The molecule has 7 nitrogen and oxygen atoms in total. The summed E-state index contributed by atoms with van der Waals surface area (Å²) >= 11 is 0. The maximum absolute atomic E-state index is 12.4. The number of nitrogens with zero attached hydrogens (tertiary/aromatic N) is 2. The number of morpholine rings is 1. The van der Waals surface area contributed by atoms with Crippen LogP contribution in [0.3, 0.4) is 0 Å². The Balaban J connectivity index is 1.62. The third-order valence-electron chi connectivity index (χ3n) is 4.44. The number of carboxylic acid groups (broad SMARTS) is 1. The van der Waals surface area contributed by atoms with Crippen LogP contribution in [-0.4, -0.2) is 60.1 Å². The zero-order chi connectivity index (χ0) is 17.1. The van der Waals surface area contributed by atoms with Gasteiger partial charge in [-0.25, -0.2) is 4.79 Å². The smallest absolute Gasteiger partial charge is 0.334 e. The molecule has 1 atom stereocenters. The van der Waals surface area contributed by atoms with Gasteiger partial charge < -0.3 is 19.6 Å². The quantitative estimate of drug-likeness (QED) is 0.875. The Kier molecular flexibility index (Phi) is 4.80. The lowest BCUT2D eigenvalue weighted by Gasteiger charge is -2.33. The van der Waals surface area contributed by atoms with E-state index in [0.29, 0.717) is 19.5 Å². The van der Waals surface area contributed by atoms with Crippen LogP contribution in [-0.2, 0) is 25.5 Å². The number of ether oxygens (including phenoxy) is 1. The summed E-state index contributed by atoms with van der Waals surface area (Å²) in [6.07, 6.45) is 0.375. The van der Waals surface area contributed by atoms with Crippen LogP contribution >= 0.6 is 0 Å². The van der Waals surface area contributed by atoms with Crippen LogP contribution in [0.5, 0.6) is 0 Å². The minimum atomic E-state index is -1.06. The van der Waals surface area contributed by atoms with Gasteiger partial charge in [0, 0.05) is 31.6 Å². The van der Waals surface area contributed by atoms with Crippen LogP contribution in [0.2, 0.25) is 0 Å². The third kappa shape index (κ3) is 3.41. The lowest BCUT2D eigenvalue weighted by Crippen LogP contribution is -2.49. The van der Waals surface area contributed by atoms with E-state index in [9.17, 15) is 14.4 Å². The number of aliphatic carboxylic acids is 1. The number of aryl methyl sites for hydroxylation is 1. The molecule has 0 unspecified atom stereocenters. The molecule has 1 aromatic carbocycles. The van der Waals surface area contributed by atoms with E-state index in [-0.39, 0.29) is 31.4 Å². The molecular weight excluding hydrogens is 312 g/mol. The highest BCUT2D eigenvalue weighted by Gasteiger charge is 2.30. The Morgan fingerprint density at radius 3 is 2.83 bits per heavy atom. The van der Waals surface area contributed by atoms with E-state index < -0.39 is 12.1 Å². The lowest BCUT2D eigenvalue weighted by molar-refractivity contribution is -0.159. The Hall–Kier alpha value is -2.41. The third-order valence-corrected chi connectivity index (χ3v) is 4.44. The molecule has 2 heterocycles. The Morgan fingerprint density at radius 1 is 1.25 bits per heavy atom. The molecule has 2 amide bonds.